The van der Waals surface area contributed by atoms with Gasteiger partial charge in [0.25, 0.3) is 0 Å². The third-order valence-corrected chi connectivity index (χ3v) is 2.33. The minimum Gasteiger partial charge on any atom is -0.237 e. The van der Waals surface area contributed by atoms with Gasteiger partial charge in [-0.15, -0.1) is 0 Å². The molecule has 1 aromatic heterocycles. The van der Waals surface area contributed by atoms with Gasteiger partial charge in [0.15, 0.2) is 5.82 Å². The zero-order valence-electron chi connectivity index (χ0n) is 8.33. The van der Waals surface area contributed by atoms with Gasteiger partial charge in [0.1, 0.15) is 0 Å². The van der Waals surface area contributed by atoms with E-state index in [9.17, 15) is 0 Å². The van der Waals surface area contributed by atoms with Crippen LogP contribution in [0.15, 0.2) is 23.3 Å². The van der Waals surface area contributed by atoms with Crippen LogP contribution in [0, 0.1) is 5.41 Å². The third-order valence-electron chi connectivity index (χ3n) is 2.33. The van der Waals surface area contributed by atoms with Crippen LogP contribution in [0.2, 0.25) is 0 Å². The normalized spacial score (nSPS) is 15.5. The van der Waals surface area contributed by atoms with E-state index in [4.69, 9.17) is 0 Å². The van der Waals surface area contributed by atoms with Gasteiger partial charge in [0.2, 0.25) is 0 Å². The first-order valence-corrected chi connectivity index (χ1v) is 4.59. The van der Waals surface area contributed by atoms with Crippen molar-refractivity contribution in [2.24, 2.45) is 10.4 Å². The number of hydrogen-bond donors (Lipinski definition) is 0. The first-order valence-electron chi connectivity index (χ1n) is 4.59. The van der Waals surface area contributed by atoms with Crippen LogP contribution < -0.4 is 0 Å². The molecule has 2 heteroatoms. The summed E-state index contributed by atoms with van der Waals surface area (Å²) in [5.41, 5.74) is 2.66. The molecule has 0 atom stereocenters. The van der Waals surface area contributed by atoms with Crippen molar-refractivity contribution in [1.82, 2.24) is 4.98 Å². The molecule has 0 spiro atoms. The average molecular weight is 174 g/mol. The minimum absolute atomic E-state index is 0.167. The maximum Gasteiger partial charge on any atom is 0.155 e. The van der Waals surface area contributed by atoms with E-state index < -0.39 is 0 Å². The summed E-state index contributed by atoms with van der Waals surface area (Å²) in [6.45, 7) is 6.58. The molecule has 0 bridgehead atoms. The van der Waals surface area contributed by atoms with E-state index in [2.05, 4.69) is 36.8 Å². The molecule has 0 saturated carbocycles. The maximum absolute atomic E-state index is 4.53. The number of hydrogen-bond acceptors (Lipinski definition) is 2. The Morgan fingerprint density at radius 1 is 1.31 bits per heavy atom. The van der Waals surface area contributed by atoms with Crippen molar-refractivity contribution in [2.75, 3.05) is 0 Å². The molecule has 68 valence electrons. The second kappa shape index (κ2) is 2.66. The molecule has 1 aliphatic rings. The molecule has 0 radical (unpaired) electrons. The molecule has 13 heavy (non-hydrogen) atoms. The quantitative estimate of drug-likeness (QED) is 0.593. The van der Waals surface area contributed by atoms with Crippen molar-refractivity contribution in [3.05, 3.63) is 23.9 Å². The second-order valence-corrected chi connectivity index (χ2v) is 4.47. The van der Waals surface area contributed by atoms with Crippen LogP contribution >= 0.6 is 0 Å². The Labute approximate surface area is 78.7 Å². The Kier molecular flexibility index (Phi) is 1.72. The summed E-state index contributed by atoms with van der Waals surface area (Å²) >= 11 is 0. The highest BCUT2D eigenvalue weighted by Crippen LogP contribution is 2.30. The number of rotatable bonds is 0. The van der Waals surface area contributed by atoms with Crippen molar-refractivity contribution in [1.29, 1.82) is 0 Å². The van der Waals surface area contributed by atoms with Crippen LogP contribution in [0.4, 0.5) is 5.82 Å². The molecular formula is C11H14N2. The molecule has 2 nitrogen and oxygen atoms in total. The molecule has 0 amide bonds. The van der Waals surface area contributed by atoms with E-state index in [1.807, 2.05) is 6.07 Å². The van der Waals surface area contributed by atoms with E-state index in [-0.39, 0.29) is 5.41 Å². The average Bonchev–Trinajstić information content (AvgIpc) is 2.45. The van der Waals surface area contributed by atoms with Crippen molar-refractivity contribution >= 4 is 11.5 Å². The lowest BCUT2D eigenvalue weighted by atomic mass is 9.88. The monoisotopic (exact) mass is 174 g/mol. The molecule has 0 fully saturated rings. The van der Waals surface area contributed by atoms with Crippen LogP contribution in [0.1, 0.15) is 26.3 Å². The number of aliphatic imine (C=N–C) groups is 1. The van der Waals surface area contributed by atoms with Crippen LogP contribution in [0.25, 0.3) is 0 Å². The van der Waals surface area contributed by atoms with Gasteiger partial charge in [0, 0.05) is 29.3 Å². The molecule has 0 aromatic carbocycles. The van der Waals surface area contributed by atoms with E-state index in [1.54, 1.807) is 6.20 Å². The van der Waals surface area contributed by atoms with Crippen LogP contribution in [-0.4, -0.2) is 10.7 Å². The zero-order valence-corrected chi connectivity index (χ0v) is 8.33. The zero-order chi connectivity index (χ0) is 9.47. The SMILES string of the molecule is CC(C)(C)C1=Nc2ncccc2C1. The topological polar surface area (TPSA) is 25.2 Å². The first kappa shape index (κ1) is 8.42. The number of fused-ring (bicyclic) bond motifs is 1. The molecule has 0 unspecified atom stereocenters. The fourth-order valence-electron chi connectivity index (χ4n) is 1.45. The Balaban J connectivity index is 2.37. The molecule has 2 heterocycles. The fourth-order valence-corrected chi connectivity index (χ4v) is 1.45. The third kappa shape index (κ3) is 1.48. The highest BCUT2D eigenvalue weighted by atomic mass is 14.9. The number of nitrogens with zero attached hydrogens (tertiary/aromatic N) is 2. The molecule has 0 saturated heterocycles. The number of pyridine rings is 1. The summed E-state index contributed by atoms with van der Waals surface area (Å²) < 4.78 is 0. The minimum atomic E-state index is 0.167. The van der Waals surface area contributed by atoms with Crippen molar-refractivity contribution in [3.63, 3.8) is 0 Å². The van der Waals surface area contributed by atoms with Gasteiger partial charge in [-0.2, -0.15) is 0 Å². The Bertz CT molecular complexity index is 359. The lowest BCUT2D eigenvalue weighted by Crippen LogP contribution is -2.19. The van der Waals surface area contributed by atoms with Crippen molar-refractivity contribution < 1.29 is 0 Å². The first-order chi connectivity index (χ1) is 6.07. The van der Waals surface area contributed by atoms with Gasteiger partial charge in [-0.05, 0) is 6.07 Å². The van der Waals surface area contributed by atoms with Crippen LogP contribution in [0.3, 0.4) is 0 Å². The molecule has 2 rings (SSSR count). The highest BCUT2D eigenvalue weighted by molar-refractivity contribution is 5.96. The van der Waals surface area contributed by atoms with Gasteiger partial charge in [0.05, 0.1) is 0 Å². The van der Waals surface area contributed by atoms with Gasteiger partial charge in [-0.25, -0.2) is 9.98 Å². The second-order valence-electron chi connectivity index (χ2n) is 4.47. The van der Waals surface area contributed by atoms with Gasteiger partial charge >= 0.3 is 0 Å². The molecule has 1 aliphatic heterocycles. The predicted octanol–water partition coefficient (Wildman–Crippen LogP) is 2.76. The van der Waals surface area contributed by atoms with Crippen LogP contribution in [-0.2, 0) is 6.42 Å². The summed E-state index contributed by atoms with van der Waals surface area (Å²) in [7, 11) is 0. The standard InChI is InChI=1S/C11H14N2/c1-11(2,3)9-7-8-5-4-6-12-10(8)13-9/h4-6H,7H2,1-3H3. The summed E-state index contributed by atoms with van der Waals surface area (Å²) in [4.78, 5) is 8.76. The van der Waals surface area contributed by atoms with Gasteiger partial charge in [-0.1, -0.05) is 26.8 Å². The van der Waals surface area contributed by atoms with Gasteiger partial charge < -0.3 is 0 Å². The number of aromatic nitrogens is 1. The summed E-state index contributed by atoms with van der Waals surface area (Å²) in [6.07, 6.45) is 2.76. The maximum atomic E-state index is 4.53. The van der Waals surface area contributed by atoms with Crippen molar-refractivity contribution in [2.45, 2.75) is 27.2 Å². The van der Waals surface area contributed by atoms with E-state index in [1.165, 1.54) is 11.3 Å². The van der Waals surface area contributed by atoms with E-state index >= 15 is 0 Å². The Morgan fingerprint density at radius 2 is 2.08 bits per heavy atom. The van der Waals surface area contributed by atoms with Gasteiger partial charge in [-0.3, -0.25) is 0 Å². The summed E-state index contributed by atoms with van der Waals surface area (Å²) in [5.74, 6) is 0.910. The Hall–Kier alpha value is -1.18. The predicted molar refractivity (Wildman–Crippen MR) is 54.5 cm³/mol. The molecular weight excluding hydrogens is 160 g/mol. The smallest absolute Gasteiger partial charge is 0.155 e. The lowest BCUT2D eigenvalue weighted by Gasteiger charge is -2.17. The Morgan fingerprint density at radius 3 is 2.69 bits per heavy atom. The lowest BCUT2D eigenvalue weighted by molar-refractivity contribution is 0.584. The highest BCUT2D eigenvalue weighted by Gasteiger charge is 2.24. The summed E-state index contributed by atoms with van der Waals surface area (Å²) in [6, 6.07) is 4.07. The van der Waals surface area contributed by atoms with Crippen LogP contribution in [0.5, 0.6) is 0 Å². The van der Waals surface area contributed by atoms with Crippen molar-refractivity contribution in [3.8, 4) is 0 Å². The fraction of sp³-hybridized carbons (Fsp3) is 0.455. The molecule has 1 aromatic rings. The molecule has 0 aliphatic carbocycles. The van der Waals surface area contributed by atoms with E-state index in [0.717, 1.165) is 12.2 Å². The summed E-state index contributed by atoms with van der Waals surface area (Å²) in [5, 5.41) is 0. The molecule has 0 N–H and O–H groups in total. The largest absolute Gasteiger partial charge is 0.237 e. The van der Waals surface area contributed by atoms with E-state index in [0.29, 0.717) is 0 Å².